The Balaban J connectivity index is 1.28. The zero-order chi connectivity index (χ0) is 26.5. The number of aliphatic imine (C=N–C) groups is 1. The molecule has 2 aromatic carbocycles. The van der Waals surface area contributed by atoms with Crippen LogP contribution in [0.25, 0.3) is 6.08 Å². The molecule has 0 bridgehead atoms. The fraction of sp³-hybridized carbons (Fsp3) is 0.148. The summed E-state index contributed by atoms with van der Waals surface area (Å²) in [5.41, 5.74) is 1.58. The van der Waals surface area contributed by atoms with Crippen LogP contribution in [-0.2, 0) is 17.9 Å². The molecule has 4 aromatic rings. The number of thioether (sulfide) groups is 1. The van der Waals surface area contributed by atoms with Gasteiger partial charge in [-0.1, -0.05) is 30.3 Å². The number of para-hydroxylation sites is 1. The molecule has 1 aliphatic rings. The normalized spacial score (nSPS) is 15.5. The van der Waals surface area contributed by atoms with E-state index in [1.54, 1.807) is 36.3 Å². The van der Waals surface area contributed by atoms with Crippen molar-refractivity contribution < 1.29 is 18.9 Å². The molecule has 11 heteroatoms. The molecule has 2 aromatic heterocycles. The molecule has 0 aliphatic carbocycles. The molecule has 0 spiro atoms. The summed E-state index contributed by atoms with van der Waals surface area (Å²) in [5, 5.41) is 11.7. The van der Waals surface area contributed by atoms with Crippen molar-refractivity contribution in [1.29, 1.82) is 0 Å². The van der Waals surface area contributed by atoms with Gasteiger partial charge in [0.1, 0.15) is 30.9 Å². The first kappa shape index (κ1) is 25.0. The minimum absolute atomic E-state index is 0.0666. The molecule has 1 amide bonds. The van der Waals surface area contributed by atoms with E-state index < -0.39 is 4.92 Å². The minimum atomic E-state index is -0.462. The number of rotatable bonds is 9. The van der Waals surface area contributed by atoms with Crippen molar-refractivity contribution in [3.63, 3.8) is 0 Å². The summed E-state index contributed by atoms with van der Waals surface area (Å²) >= 11 is 1.31. The third-order valence-electron chi connectivity index (χ3n) is 5.75. The van der Waals surface area contributed by atoms with Gasteiger partial charge in [0.05, 0.1) is 23.4 Å². The molecule has 0 saturated carbocycles. The van der Waals surface area contributed by atoms with Crippen LogP contribution in [-0.4, -0.2) is 37.1 Å². The Morgan fingerprint density at radius 3 is 2.63 bits per heavy atom. The Labute approximate surface area is 222 Å². The van der Waals surface area contributed by atoms with Crippen LogP contribution < -0.4 is 4.74 Å². The molecule has 192 valence electrons. The topological polar surface area (TPSA) is 116 Å². The number of furan rings is 1. The summed E-state index contributed by atoms with van der Waals surface area (Å²) in [6.07, 6.45) is 4.64. The molecule has 0 radical (unpaired) electrons. The summed E-state index contributed by atoms with van der Waals surface area (Å²) in [7, 11) is 0. The number of hydrogen-bond donors (Lipinski definition) is 0. The van der Waals surface area contributed by atoms with Gasteiger partial charge in [-0.3, -0.25) is 9.69 Å². The van der Waals surface area contributed by atoms with E-state index in [-0.39, 0.29) is 24.9 Å². The Morgan fingerprint density at radius 2 is 1.92 bits per heavy atom. The Bertz CT molecular complexity index is 1490. The van der Waals surface area contributed by atoms with Crippen LogP contribution in [0.5, 0.6) is 5.75 Å². The maximum atomic E-state index is 13.3. The molecule has 1 aliphatic heterocycles. The molecule has 5 rings (SSSR count). The summed E-state index contributed by atoms with van der Waals surface area (Å²) in [6.45, 7) is 2.54. The van der Waals surface area contributed by atoms with Crippen LogP contribution in [0.1, 0.15) is 17.1 Å². The van der Waals surface area contributed by atoms with Crippen LogP contribution >= 0.6 is 11.8 Å². The molecular weight excluding hydrogens is 506 g/mol. The van der Waals surface area contributed by atoms with E-state index in [2.05, 4.69) is 9.98 Å². The van der Waals surface area contributed by atoms with Crippen LogP contribution in [0.2, 0.25) is 0 Å². The predicted molar refractivity (Wildman–Crippen MR) is 144 cm³/mol. The highest BCUT2D eigenvalue weighted by Gasteiger charge is 2.34. The van der Waals surface area contributed by atoms with Gasteiger partial charge >= 0.3 is 5.82 Å². The molecule has 1 saturated heterocycles. The van der Waals surface area contributed by atoms with E-state index in [0.29, 0.717) is 34.0 Å². The number of amides is 1. The second kappa shape index (κ2) is 11.2. The third kappa shape index (κ3) is 5.68. The Kier molecular flexibility index (Phi) is 7.36. The van der Waals surface area contributed by atoms with Gasteiger partial charge in [0.15, 0.2) is 11.0 Å². The lowest BCUT2D eigenvalue weighted by Crippen LogP contribution is -2.28. The highest BCUT2D eigenvalue weighted by atomic mass is 32.2. The molecule has 0 N–H and O–H groups in total. The van der Waals surface area contributed by atoms with E-state index in [1.165, 1.54) is 22.5 Å². The number of nitrogens with zero attached hydrogens (tertiary/aromatic N) is 5. The van der Waals surface area contributed by atoms with Gasteiger partial charge < -0.3 is 19.3 Å². The largest absolute Gasteiger partial charge is 0.489 e. The number of aryl methyl sites for hydroxylation is 1. The number of carbonyl (C=O) groups excluding carboxylic acids is 1. The number of benzene rings is 2. The van der Waals surface area contributed by atoms with Crippen molar-refractivity contribution in [3.8, 4) is 5.75 Å². The summed E-state index contributed by atoms with van der Waals surface area (Å²) in [5.74, 6) is 1.61. The van der Waals surface area contributed by atoms with Crippen molar-refractivity contribution >= 4 is 40.4 Å². The first-order chi connectivity index (χ1) is 18.5. The monoisotopic (exact) mass is 529 g/mol. The fourth-order valence-corrected chi connectivity index (χ4v) is 4.84. The smallest absolute Gasteiger partial charge is 0.342 e. The van der Waals surface area contributed by atoms with Gasteiger partial charge in [-0.05, 0) is 64.7 Å². The first-order valence-electron chi connectivity index (χ1n) is 11.7. The second-order valence-electron chi connectivity index (χ2n) is 8.30. The van der Waals surface area contributed by atoms with Gasteiger partial charge in [-0.25, -0.2) is 14.5 Å². The molecule has 0 atom stereocenters. The van der Waals surface area contributed by atoms with Crippen molar-refractivity contribution in [2.24, 2.45) is 4.99 Å². The van der Waals surface area contributed by atoms with Crippen molar-refractivity contribution in [2.75, 3.05) is 6.61 Å². The van der Waals surface area contributed by atoms with E-state index in [9.17, 15) is 14.9 Å². The highest BCUT2D eigenvalue weighted by Crippen LogP contribution is 2.35. The number of aromatic nitrogens is 2. The maximum absolute atomic E-state index is 13.3. The Hall–Kier alpha value is -4.64. The lowest BCUT2D eigenvalue weighted by atomic mass is 10.2. The van der Waals surface area contributed by atoms with Gasteiger partial charge in [0.2, 0.25) is 0 Å². The standard InChI is InChI=1S/C27H23N5O5S/c1-19-28-17-25(32(34)35)30(19)13-15-37-22-11-9-20(10-12-22)16-24-26(33)31(18-23-8-5-14-36-23)27(38-24)29-21-6-3-2-4-7-21/h2-12,14,16-17H,13,15,18H2,1H3/b24-16-,29-27?. The summed E-state index contributed by atoms with van der Waals surface area (Å²) < 4.78 is 12.7. The van der Waals surface area contributed by atoms with Crippen LogP contribution in [0.15, 0.2) is 93.5 Å². The van der Waals surface area contributed by atoms with E-state index in [4.69, 9.17) is 9.15 Å². The van der Waals surface area contributed by atoms with Gasteiger partial charge in [0.25, 0.3) is 5.91 Å². The van der Waals surface area contributed by atoms with Crippen LogP contribution in [0, 0.1) is 17.0 Å². The molecular formula is C27H23N5O5S. The number of imidazole rings is 1. The quantitative estimate of drug-likeness (QED) is 0.158. The zero-order valence-electron chi connectivity index (χ0n) is 20.4. The Morgan fingerprint density at radius 1 is 1.13 bits per heavy atom. The van der Waals surface area contributed by atoms with Crippen LogP contribution in [0.3, 0.4) is 0 Å². The number of amidine groups is 1. The second-order valence-corrected chi connectivity index (χ2v) is 9.31. The average molecular weight is 530 g/mol. The third-order valence-corrected chi connectivity index (χ3v) is 6.75. The van der Waals surface area contributed by atoms with E-state index in [1.807, 2.05) is 54.6 Å². The SMILES string of the molecule is Cc1ncc([N+](=O)[O-])n1CCOc1ccc(/C=C2\SC(=Nc3ccccc3)N(Cc3ccco3)C2=O)cc1. The van der Waals surface area contributed by atoms with Crippen molar-refractivity contribution in [1.82, 2.24) is 14.5 Å². The molecule has 0 unspecified atom stereocenters. The lowest BCUT2D eigenvalue weighted by Gasteiger charge is -2.13. The molecule has 38 heavy (non-hydrogen) atoms. The predicted octanol–water partition coefficient (Wildman–Crippen LogP) is 5.58. The number of carbonyl (C=O) groups is 1. The number of hydrogen-bond acceptors (Lipinski definition) is 8. The van der Waals surface area contributed by atoms with Gasteiger partial charge in [0, 0.05) is 6.92 Å². The summed E-state index contributed by atoms with van der Waals surface area (Å²) in [4.78, 5) is 34.8. The fourth-order valence-electron chi connectivity index (χ4n) is 3.85. The molecule has 10 nitrogen and oxygen atoms in total. The minimum Gasteiger partial charge on any atom is -0.489 e. The summed E-state index contributed by atoms with van der Waals surface area (Å²) in [6, 6.07) is 20.4. The van der Waals surface area contributed by atoms with Crippen molar-refractivity contribution in [3.05, 3.63) is 111 Å². The van der Waals surface area contributed by atoms with Gasteiger partial charge in [-0.15, -0.1) is 0 Å². The first-order valence-corrected chi connectivity index (χ1v) is 12.6. The van der Waals surface area contributed by atoms with Crippen LogP contribution in [0.4, 0.5) is 11.5 Å². The van der Waals surface area contributed by atoms with Crippen molar-refractivity contribution in [2.45, 2.75) is 20.0 Å². The van der Waals surface area contributed by atoms with Gasteiger partial charge in [-0.2, -0.15) is 0 Å². The van der Waals surface area contributed by atoms with E-state index >= 15 is 0 Å². The molecule has 3 heterocycles. The average Bonchev–Trinajstić information content (AvgIpc) is 3.63. The number of ether oxygens (including phenoxy) is 1. The number of nitro groups is 1. The maximum Gasteiger partial charge on any atom is 0.342 e. The molecule has 1 fully saturated rings. The van der Waals surface area contributed by atoms with E-state index in [0.717, 1.165) is 11.3 Å². The lowest BCUT2D eigenvalue weighted by molar-refractivity contribution is -0.392. The highest BCUT2D eigenvalue weighted by molar-refractivity contribution is 8.18. The zero-order valence-corrected chi connectivity index (χ0v) is 21.2.